The molecule has 294 valence electrons. The number of nitrogen functional groups attached to an aromatic ring is 1. The molecule has 3 heterocycles. The Labute approximate surface area is 314 Å². The first-order valence-corrected chi connectivity index (χ1v) is 19.8. The van der Waals surface area contributed by atoms with Crippen LogP contribution in [-0.4, -0.2) is 85.7 Å². The van der Waals surface area contributed by atoms with E-state index in [0.717, 1.165) is 18.2 Å². The number of halogens is 3. The number of hydrogen-bond acceptors (Lipinski definition) is 11. The first-order valence-electron chi connectivity index (χ1n) is 17.9. The summed E-state index contributed by atoms with van der Waals surface area (Å²) in [6, 6.07) is 10.9. The summed E-state index contributed by atoms with van der Waals surface area (Å²) in [4.78, 5) is 37.7. The molecule has 0 aliphatic carbocycles. The number of aromatic nitrogens is 2. The lowest BCUT2D eigenvalue weighted by Crippen LogP contribution is -2.45. The Hall–Kier alpha value is -4.60. The summed E-state index contributed by atoms with van der Waals surface area (Å²) < 4.78 is 86.2. The number of esters is 1. The molecule has 0 unspecified atom stereocenters. The largest absolute Gasteiger partial charge is 0.464 e. The molecule has 0 bridgehead atoms. The van der Waals surface area contributed by atoms with Gasteiger partial charge in [0.2, 0.25) is 17.9 Å². The van der Waals surface area contributed by atoms with Crippen LogP contribution in [-0.2, 0) is 30.5 Å². The van der Waals surface area contributed by atoms with Crippen LogP contribution in [0.15, 0.2) is 53.4 Å². The van der Waals surface area contributed by atoms with Gasteiger partial charge < -0.3 is 24.8 Å². The number of likely N-dealkylation sites (tertiary alicyclic amines) is 1. The second-order valence-electron chi connectivity index (χ2n) is 15.0. The molecule has 16 heteroatoms. The third kappa shape index (κ3) is 9.54. The van der Waals surface area contributed by atoms with Crippen LogP contribution in [0.3, 0.4) is 0 Å². The molecule has 12 nitrogen and oxygen atoms in total. The first kappa shape index (κ1) is 40.6. The number of aryl methyl sites for hydroxylation is 1. The molecule has 0 radical (unpaired) electrons. The van der Waals surface area contributed by atoms with Gasteiger partial charge in [0.25, 0.3) is 0 Å². The fourth-order valence-electron chi connectivity index (χ4n) is 7.09. The highest BCUT2D eigenvalue weighted by Crippen LogP contribution is 2.46. The number of carbonyl (C=O) groups is 2. The van der Waals surface area contributed by atoms with E-state index in [2.05, 4.69) is 9.97 Å². The zero-order valence-electron chi connectivity index (χ0n) is 31.4. The normalized spacial score (nSPS) is 18.1. The lowest BCUT2D eigenvalue weighted by atomic mass is 9.76. The standard InChI is InChI=1S/C38H48F3N5O7S/c1-7-10-24-13-14-27(28(19-24)25-11-9-12-26(20-25)54(6,49)50)32(38(39,40)41)52-31-21-30(43-34(42)44-31)45-17-15-37(16-18-45)22-29(33(47)51-8-2)46(23-37)35(48)53-36(3,4)5/h9,11-14,19-21,29,32H,7-8,10,15-18,22-23H2,1-6H3,(H2,42,43,44)/t29-,32+/m0/s1. The quantitative estimate of drug-likeness (QED) is 0.214. The van der Waals surface area contributed by atoms with E-state index in [1.165, 1.54) is 35.2 Å². The van der Waals surface area contributed by atoms with Gasteiger partial charge in [0.1, 0.15) is 17.5 Å². The Balaban J connectivity index is 1.42. The zero-order valence-corrected chi connectivity index (χ0v) is 32.2. The van der Waals surface area contributed by atoms with E-state index in [4.69, 9.17) is 19.9 Å². The van der Waals surface area contributed by atoms with Gasteiger partial charge in [-0.1, -0.05) is 43.7 Å². The van der Waals surface area contributed by atoms with Crippen LogP contribution in [0.25, 0.3) is 11.1 Å². The smallest absolute Gasteiger partial charge is 0.429 e. The number of nitrogens with two attached hydrogens (primary N) is 1. The van der Waals surface area contributed by atoms with Crippen molar-refractivity contribution >= 4 is 33.7 Å². The van der Waals surface area contributed by atoms with Crippen molar-refractivity contribution in [3.63, 3.8) is 0 Å². The van der Waals surface area contributed by atoms with Crippen molar-refractivity contribution < 1.29 is 45.4 Å². The van der Waals surface area contributed by atoms with Gasteiger partial charge in [0, 0.05) is 37.5 Å². The summed E-state index contributed by atoms with van der Waals surface area (Å²) in [5.41, 5.74) is 5.87. The summed E-state index contributed by atoms with van der Waals surface area (Å²) in [6.45, 7) is 10.1. The molecular weight excluding hydrogens is 728 g/mol. The molecule has 5 rings (SSSR count). The predicted molar refractivity (Wildman–Crippen MR) is 197 cm³/mol. The van der Waals surface area contributed by atoms with E-state index in [1.807, 2.05) is 11.8 Å². The molecular formula is C38H48F3N5O7S. The van der Waals surface area contributed by atoms with Gasteiger partial charge in [-0.15, -0.1) is 0 Å². The summed E-state index contributed by atoms with van der Waals surface area (Å²) in [5.74, 6) is -0.926. The molecule has 2 aromatic carbocycles. The molecule has 1 aromatic heterocycles. The van der Waals surface area contributed by atoms with E-state index in [9.17, 15) is 31.2 Å². The Morgan fingerprint density at radius 1 is 1.04 bits per heavy atom. The Morgan fingerprint density at radius 2 is 1.74 bits per heavy atom. The minimum absolute atomic E-state index is 0.0283. The molecule has 2 atom stereocenters. The van der Waals surface area contributed by atoms with Gasteiger partial charge in [-0.3, -0.25) is 4.90 Å². The minimum atomic E-state index is -4.91. The van der Waals surface area contributed by atoms with Crippen LogP contribution in [0.5, 0.6) is 5.88 Å². The van der Waals surface area contributed by atoms with E-state index < -0.39 is 57.1 Å². The molecule has 2 saturated heterocycles. The van der Waals surface area contributed by atoms with Crippen LogP contribution in [0, 0.1) is 5.41 Å². The van der Waals surface area contributed by atoms with Crippen molar-refractivity contribution in [2.24, 2.45) is 5.41 Å². The number of piperidine rings is 1. The first-order chi connectivity index (χ1) is 25.2. The highest BCUT2D eigenvalue weighted by atomic mass is 32.2. The highest BCUT2D eigenvalue weighted by Gasteiger charge is 2.51. The third-order valence-electron chi connectivity index (χ3n) is 9.60. The molecule has 1 spiro atoms. The zero-order chi connectivity index (χ0) is 39.6. The lowest BCUT2D eigenvalue weighted by Gasteiger charge is -2.39. The SMILES string of the molecule is CCCc1ccc([C@@H](Oc2cc(N3CCC4(CC3)C[C@@H](C(=O)OCC)N(C(=O)OC(C)(C)C)C4)nc(N)n2)C(F)(F)F)c(-c2cccc(S(C)(=O)=O)c2)c1. The monoisotopic (exact) mass is 775 g/mol. The summed E-state index contributed by atoms with van der Waals surface area (Å²) in [6.07, 6.45) is -4.18. The van der Waals surface area contributed by atoms with Crippen LogP contribution in [0.1, 0.15) is 77.5 Å². The van der Waals surface area contributed by atoms with Crippen molar-refractivity contribution in [1.29, 1.82) is 0 Å². The van der Waals surface area contributed by atoms with Gasteiger partial charge >= 0.3 is 18.2 Å². The lowest BCUT2D eigenvalue weighted by molar-refractivity contribution is -0.198. The number of alkyl halides is 3. The number of hydrogen-bond donors (Lipinski definition) is 1. The number of ether oxygens (including phenoxy) is 3. The fourth-order valence-corrected chi connectivity index (χ4v) is 7.76. The van der Waals surface area contributed by atoms with Crippen LogP contribution < -0.4 is 15.4 Å². The number of benzene rings is 2. The molecule has 3 aromatic rings. The Kier molecular flexibility index (Phi) is 11.7. The maximum atomic E-state index is 15.0. The van der Waals surface area contributed by atoms with Crippen molar-refractivity contribution in [2.75, 3.05) is 43.1 Å². The van der Waals surface area contributed by atoms with E-state index in [1.54, 1.807) is 45.9 Å². The predicted octanol–water partition coefficient (Wildman–Crippen LogP) is 6.92. The van der Waals surface area contributed by atoms with Crippen molar-refractivity contribution in [2.45, 2.75) is 95.5 Å². The molecule has 1 amide bonds. The van der Waals surface area contributed by atoms with Crippen molar-refractivity contribution in [3.05, 3.63) is 59.7 Å². The fraction of sp³-hybridized carbons (Fsp3) is 0.526. The summed E-state index contributed by atoms with van der Waals surface area (Å²) >= 11 is 0. The number of anilines is 2. The van der Waals surface area contributed by atoms with Gasteiger partial charge in [-0.2, -0.15) is 23.1 Å². The van der Waals surface area contributed by atoms with E-state index in [0.29, 0.717) is 38.8 Å². The molecule has 2 aliphatic heterocycles. The third-order valence-corrected chi connectivity index (χ3v) is 10.7. The maximum Gasteiger partial charge on any atom is 0.429 e. The van der Waals surface area contributed by atoms with Gasteiger partial charge in [0.15, 0.2) is 9.84 Å². The summed E-state index contributed by atoms with van der Waals surface area (Å²) in [7, 11) is -3.65. The average molecular weight is 776 g/mol. The number of amides is 1. The number of nitrogens with zero attached hydrogens (tertiary/aromatic N) is 4. The van der Waals surface area contributed by atoms with Crippen molar-refractivity contribution in [1.82, 2.24) is 14.9 Å². The maximum absolute atomic E-state index is 15.0. The van der Waals surface area contributed by atoms with Gasteiger partial charge in [-0.05, 0) is 87.6 Å². The van der Waals surface area contributed by atoms with Crippen molar-refractivity contribution in [3.8, 4) is 17.0 Å². The molecule has 0 saturated carbocycles. The van der Waals surface area contributed by atoms with Crippen LogP contribution in [0.2, 0.25) is 0 Å². The van der Waals surface area contributed by atoms with Gasteiger partial charge in [0.05, 0.1) is 11.5 Å². The second kappa shape index (κ2) is 15.6. The average Bonchev–Trinajstić information content (AvgIpc) is 3.45. The second-order valence-corrected chi connectivity index (χ2v) is 17.0. The molecule has 2 aliphatic rings. The van der Waals surface area contributed by atoms with E-state index >= 15 is 0 Å². The Bertz CT molecular complexity index is 1960. The number of sulfone groups is 1. The van der Waals surface area contributed by atoms with Crippen LogP contribution in [0.4, 0.5) is 29.7 Å². The minimum Gasteiger partial charge on any atom is -0.464 e. The summed E-state index contributed by atoms with van der Waals surface area (Å²) in [5, 5.41) is 0. The topological polar surface area (TPSA) is 154 Å². The molecule has 2 N–H and O–H groups in total. The van der Waals surface area contributed by atoms with Crippen LogP contribution >= 0.6 is 0 Å². The molecule has 2 fully saturated rings. The van der Waals surface area contributed by atoms with Gasteiger partial charge in [-0.25, -0.2) is 18.0 Å². The number of carbonyl (C=O) groups excluding carboxylic acids is 2. The number of rotatable bonds is 10. The highest BCUT2D eigenvalue weighted by molar-refractivity contribution is 7.90. The Morgan fingerprint density at radius 3 is 2.35 bits per heavy atom. The molecule has 54 heavy (non-hydrogen) atoms. The van der Waals surface area contributed by atoms with E-state index in [-0.39, 0.29) is 46.5 Å².